The molecular formula is C11H16N2O3. The molecule has 1 atom stereocenters. The topological polar surface area (TPSA) is 62.7 Å². The largest absolute Gasteiger partial charge is 0.389 e. The Morgan fingerprint density at radius 3 is 2.94 bits per heavy atom. The molecule has 0 aliphatic carbocycles. The van der Waals surface area contributed by atoms with Crippen LogP contribution in [0.3, 0.4) is 0 Å². The Balaban J connectivity index is 2.55. The van der Waals surface area contributed by atoms with Crippen molar-refractivity contribution in [2.45, 2.75) is 6.10 Å². The van der Waals surface area contributed by atoms with E-state index in [-0.39, 0.29) is 19.1 Å². The van der Waals surface area contributed by atoms with Gasteiger partial charge in [-0.3, -0.25) is 9.78 Å². The van der Waals surface area contributed by atoms with E-state index in [0.29, 0.717) is 5.69 Å². The molecule has 1 unspecified atom stereocenters. The molecule has 0 saturated carbocycles. The van der Waals surface area contributed by atoms with Crippen LogP contribution in [0.15, 0.2) is 24.4 Å². The van der Waals surface area contributed by atoms with Crippen molar-refractivity contribution < 1.29 is 14.6 Å². The average molecular weight is 224 g/mol. The molecule has 0 fully saturated rings. The van der Waals surface area contributed by atoms with Crippen molar-refractivity contribution in [1.82, 2.24) is 9.88 Å². The minimum atomic E-state index is -0.678. The molecule has 0 radical (unpaired) electrons. The third-order valence-electron chi connectivity index (χ3n) is 2.07. The number of hydrogen-bond donors (Lipinski definition) is 1. The van der Waals surface area contributed by atoms with Gasteiger partial charge in [0.1, 0.15) is 5.69 Å². The number of aliphatic hydroxyl groups is 1. The van der Waals surface area contributed by atoms with E-state index in [0.717, 1.165) is 0 Å². The van der Waals surface area contributed by atoms with E-state index in [9.17, 15) is 9.90 Å². The number of carbonyl (C=O) groups excluding carboxylic acids is 1. The normalized spacial score (nSPS) is 12.2. The second-order valence-corrected chi connectivity index (χ2v) is 3.51. The number of carbonyl (C=O) groups is 1. The zero-order valence-electron chi connectivity index (χ0n) is 9.46. The van der Waals surface area contributed by atoms with E-state index >= 15 is 0 Å². The molecule has 1 rings (SSSR count). The highest BCUT2D eigenvalue weighted by Crippen LogP contribution is 2.00. The number of amides is 1. The summed E-state index contributed by atoms with van der Waals surface area (Å²) < 4.78 is 4.79. The summed E-state index contributed by atoms with van der Waals surface area (Å²) in [6.45, 7) is 0.434. The number of nitrogens with zero attached hydrogens (tertiary/aromatic N) is 2. The Hall–Kier alpha value is -1.46. The average Bonchev–Trinajstić information content (AvgIpc) is 2.29. The van der Waals surface area contributed by atoms with Crippen molar-refractivity contribution in [3.05, 3.63) is 30.1 Å². The van der Waals surface area contributed by atoms with Gasteiger partial charge in [-0.2, -0.15) is 0 Å². The van der Waals surface area contributed by atoms with Crippen molar-refractivity contribution in [2.24, 2.45) is 0 Å². The van der Waals surface area contributed by atoms with Crippen LogP contribution in [0.25, 0.3) is 0 Å². The van der Waals surface area contributed by atoms with Crippen molar-refractivity contribution in [2.75, 3.05) is 27.3 Å². The Labute approximate surface area is 94.7 Å². The maximum absolute atomic E-state index is 11.8. The molecular weight excluding hydrogens is 208 g/mol. The van der Waals surface area contributed by atoms with Gasteiger partial charge in [0.2, 0.25) is 0 Å². The lowest BCUT2D eigenvalue weighted by Crippen LogP contribution is -2.36. The highest BCUT2D eigenvalue weighted by molar-refractivity contribution is 5.92. The maximum atomic E-state index is 11.8. The fraction of sp³-hybridized carbons (Fsp3) is 0.455. The predicted molar refractivity (Wildman–Crippen MR) is 59.1 cm³/mol. The molecule has 0 aliphatic rings. The minimum Gasteiger partial charge on any atom is -0.389 e. The monoisotopic (exact) mass is 224 g/mol. The summed E-state index contributed by atoms with van der Waals surface area (Å²) in [5.41, 5.74) is 0.370. The van der Waals surface area contributed by atoms with Gasteiger partial charge in [0, 0.05) is 26.9 Å². The second kappa shape index (κ2) is 6.19. The number of aromatic nitrogens is 1. The first-order valence-corrected chi connectivity index (χ1v) is 4.98. The lowest BCUT2D eigenvalue weighted by atomic mass is 10.3. The van der Waals surface area contributed by atoms with Crippen molar-refractivity contribution >= 4 is 5.91 Å². The lowest BCUT2D eigenvalue weighted by Gasteiger charge is -2.19. The Kier molecular flexibility index (Phi) is 4.88. The molecule has 0 aromatic carbocycles. The number of hydrogen-bond acceptors (Lipinski definition) is 4. The molecule has 1 N–H and O–H groups in total. The van der Waals surface area contributed by atoms with Gasteiger partial charge >= 0.3 is 0 Å². The van der Waals surface area contributed by atoms with Crippen LogP contribution in [-0.4, -0.2) is 54.3 Å². The van der Waals surface area contributed by atoms with Crippen molar-refractivity contribution in [1.29, 1.82) is 0 Å². The molecule has 1 aromatic heterocycles. The number of pyridine rings is 1. The number of ether oxygens (including phenoxy) is 1. The van der Waals surface area contributed by atoms with Crippen LogP contribution < -0.4 is 0 Å². The summed E-state index contributed by atoms with van der Waals surface area (Å²) in [7, 11) is 3.12. The molecule has 16 heavy (non-hydrogen) atoms. The fourth-order valence-electron chi connectivity index (χ4n) is 1.33. The molecule has 1 heterocycles. The third kappa shape index (κ3) is 3.60. The number of likely N-dealkylation sites (N-methyl/N-ethyl adjacent to an activating group) is 1. The predicted octanol–water partition coefficient (Wildman–Crippen LogP) is 0.161. The highest BCUT2D eigenvalue weighted by atomic mass is 16.5. The van der Waals surface area contributed by atoms with E-state index in [2.05, 4.69) is 4.98 Å². The highest BCUT2D eigenvalue weighted by Gasteiger charge is 2.15. The smallest absolute Gasteiger partial charge is 0.272 e. The molecule has 1 amide bonds. The van der Waals surface area contributed by atoms with Crippen LogP contribution in [-0.2, 0) is 4.74 Å². The third-order valence-corrected chi connectivity index (χ3v) is 2.07. The summed E-state index contributed by atoms with van der Waals surface area (Å²) in [5, 5.41) is 9.48. The first-order valence-electron chi connectivity index (χ1n) is 4.98. The molecule has 88 valence electrons. The van der Waals surface area contributed by atoms with Crippen LogP contribution in [0.4, 0.5) is 0 Å². The van der Waals surface area contributed by atoms with Gasteiger partial charge < -0.3 is 14.7 Å². The van der Waals surface area contributed by atoms with Gasteiger partial charge in [0.25, 0.3) is 5.91 Å². The molecule has 5 heteroatoms. The number of rotatable bonds is 5. The van der Waals surface area contributed by atoms with E-state index in [4.69, 9.17) is 4.74 Å². The van der Waals surface area contributed by atoms with Crippen LogP contribution in [0.2, 0.25) is 0 Å². The molecule has 5 nitrogen and oxygen atoms in total. The molecule has 0 saturated heterocycles. The minimum absolute atomic E-state index is 0.208. The van der Waals surface area contributed by atoms with Crippen molar-refractivity contribution in [3.8, 4) is 0 Å². The number of methoxy groups -OCH3 is 1. The van der Waals surface area contributed by atoms with E-state index in [1.54, 1.807) is 31.4 Å². The lowest BCUT2D eigenvalue weighted by molar-refractivity contribution is 0.0378. The fourth-order valence-corrected chi connectivity index (χ4v) is 1.33. The summed E-state index contributed by atoms with van der Waals surface area (Å²) in [6, 6.07) is 5.14. The van der Waals surface area contributed by atoms with E-state index < -0.39 is 6.10 Å². The van der Waals surface area contributed by atoms with Gasteiger partial charge in [-0.05, 0) is 12.1 Å². The van der Waals surface area contributed by atoms with Crippen LogP contribution in [0, 0.1) is 0 Å². The SMILES string of the molecule is COCC(O)CN(C)C(=O)c1ccccn1. The first kappa shape index (κ1) is 12.6. The van der Waals surface area contributed by atoms with Crippen molar-refractivity contribution in [3.63, 3.8) is 0 Å². The molecule has 1 aromatic rings. The molecule has 0 bridgehead atoms. The van der Waals surface area contributed by atoms with E-state index in [1.807, 2.05) is 0 Å². The number of aliphatic hydroxyl groups excluding tert-OH is 1. The van der Waals surface area contributed by atoms with Crippen LogP contribution in [0.5, 0.6) is 0 Å². The van der Waals surface area contributed by atoms with Crippen LogP contribution in [0.1, 0.15) is 10.5 Å². The molecule has 0 aliphatic heterocycles. The zero-order chi connectivity index (χ0) is 12.0. The maximum Gasteiger partial charge on any atom is 0.272 e. The summed E-state index contributed by atoms with van der Waals surface area (Å²) in [5.74, 6) is -0.212. The first-order chi connectivity index (χ1) is 7.65. The van der Waals surface area contributed by atoms with Gasteiger partial charge in [-0.1, -0.05) is 6.07 Å². The Morgan fingerprint density at radius 2 is 2.38 bits per heavy atom. The summed E-state index contributed by atoms with van der Waals surface area (Å²) in [6.07, 6.45) is 0.884. The standard InChI is InChI=1S/C11H16N2O3/c1-13(7-9(14)8-16-2)11(15)10-5-3-4-6-12-10/h3-6,9,14H,7-8H2,1-2H3. The van der Waals surface area contributed by atoms with Gasteiger partial charge in [0.05, 0.1) is 12.7 Å². The summed E-state index contributed by atoms with van der Waals surface area (Å²) >= 11 is 0. The van der Waals surface area contributed by atoms with Gasteiger partial charge in [-0.15, -0.1) is 0 Å². The van der Waals surface area contributed by atoms with Gasteiger partial charge in [-0.25, -0.2) is 0 Å². The Morgan fingerprint density at radius 1 is 1.62 bits per heavy atom. The molecule has 0 spiro atoms. The zero-order valence-corrected chi connectivity index (χ0v) is 9.46. The van der Waals surface area contributed by atoms with Gasteiger partial charge in [0.15, 0.2) is 0 Å². The Bertz CT molecular complexity index is 329. The van der Waals surface area contributed by atoms with E-state index in [1.165, 1.54) is 12.0 Å². The summed E-state index contributed by atoms with van der Waals surface area (Å²) in [4.78, 5) is 17.2. The second-order valence-electron chi connectivity index (χ2n) is 3.51. The van der Waals surface area contributed by atoms with Crippen LogP contribution >= 0.6 is 0 Å². The quantitative estimate of drug-likeness (QED) is 0.774.